The molecule has 0 radical (unpaired) electrons. The molecule has 1 aromatic rings. The largest absolute Gasteiger partial charge is 0.481 e. The Kier molecular flexibility index (Phi) is 6.59. The summed E-state index contributed by atoms with van der Waals surface area (Å²) in [6, 6.07) is 8.37. The van der Waals surface area contributed by atoms with Crippen LogP contribution in [-0.2, 0) is 19.7 Å². The lowest BCUT2D eigenvalue weighted by Crippen LogP contribution is -2.33. The monoisotopic (exact) mass is 347 g/mol. The van der Waals surface area contributed by atoms with Gasteiger partial charge in [0.25, 0.3) is 0 Å². The Labute approximate surface area is 149 Å². The van der Waals surface area contributed by atoms with Crippen molar-refractivity contribution in [1.82, 2.24) is 5.32 Å². The SMILES string of the molecule is CC(C)(C)c1ccc([C@H](OCCCCC(=O)O)C2CCC(=O)N2)cc1. The molecule has 1 aliphatic rings. The molecule has 0 aliphatic carbocycles. The summed E-state index contributed by atoms with van der Waals surface area (Å²) in [7, 11) is 0. The molecule has 1 aromatic carbocycles. The van der Waals surface area contributed by atoms with Gasteiger partial charge in [0.15, 0.2) is 0 Å². The Morgan fingerprint density at radius 3 is 2.48 bits per heavy atom. The summed E-state index contributed by atoms with van der Waals surface area (Å²) in [5.74, 6) is -0.715. The zero-order valence-corrected chi connectivity index (χ0v) is 15.4. The summed E-state index contributed by atoms with van der Waals surface area (Å²) in [6.45, 7) is 7.02. The molecule has 2 atom stereocenters. The fourth-order valence-corrected chi connectivity index (χ4v) is 3.07. The predicted molar refractivity (Wildman–Crippen MR) is 96.5 cm³/mol. The first-order chi connectivity index (χ1) is 11.8. The quantitative estimate of drug-likeness (QED) is 0.705. The number of hydrogen-bond donors (Lipinski definition) is 2. The summed E-state index contributed by atoms with van der Waals surface area (Å²) >= 11 is 0. The van der Waals surface area contributed by atoms with Gasteiger partial charge in [0, 0.05) is 19.4 Å². The van der Waals surface area contributed by atoms with Crippen molar-refractivity contribution in [3.8, 4) is 0 Å². The second-order valence-electron chi connectivity index (χ2n) is 7.73. The van der Waals surface area contributed by atoms with E-state index in [4.69, 9.17) is 9.84 Å². The Morgan fingerprint density at radius 1 is 1.28 bits per heavy atom. The number of unbranched alkanes of at least 4 members (excludes halogenated alkanes) is 1. The highest BCUT2D eigenvalue weighted by Gasteiger charge is 2.30. The molecular weight excluding hydrogens is 318 g/mol. The zero-order valence-electron chi connectivity index (χ0n) is 15.4. The third kappa shape index (κ3) is 5.85. The molecule has 1 unspecified atom stereocenters. The van der Waals surface area contributed by atoms with Crippen LogP contribution in [0.1, 0.15) is 70.1 Å². The van der Waals surface area contributed by atoms with E-state index in [9.17, 15) is 9.59 Å². The second kappa shape index (κ2) is 8.48. The fourth-order valence-electron chi connectivity index (χ4n) is 3.07. The van der Waals surface area contributed by atoms with Crippen LogP contribution in [0.15, 0.2) is 24.3 Å². The Bertz CT molecular complexity index is 589. The lowest BCUT2D eigenvalue weighted by atomic mass is 9.86. The smallest absolute Gasteiger partial charge is 0.303 e. The van der Waals surface area contributed by atoms with E-state index in [1.54, 1.807) is 0 Å². The highest BCUT2D eigenvalue weighted by Crippen LogP contribution is 2.30. The van der Waals surface area contributed by atoms with Crippen LogP contribution in [0.2, 0.25) is 0 Å². The summed E-state index contributed by atoms with van der Waals surface area (Å²) in [5, 5.41) is 11.7. The molecule has 1 aliphatic heterocycles. The van der Waals surface area contributed by atoms with E-state index in [2.05, 4.69) is 50.4 Å². The van der Waals surface area contributed by atoms with E-state index in [1.165, 1.54) is 5.56 Å². The second-order valence-corrected chi connectivity index (χ2v) is 7.73. The maximum atomic E-state index is 11.6. The first-order valence-corrected chi connectivity index (χ1v) is 9.00. The van der Waals surface area contributed by atoms with E-state index in [1.807, 2.05) is 0 Å². The number of rotatable bonds is 8. The number of carbonyl (C=O) groups is 2. The topological polar surface area (TPSA) is 75.6 Å². The molecular formula is C20H29NO4. The Hall–Kier alpha value is -1.88. The van der Waals surface area contributed by atoms with Crippen LogP contribution in [-0.4, -0.2) is 29.6 Å². The average molecular weight is 347 g/mol. The standard InChI is InChI=1S/C20H29NO4/c1-20(2,3)15-9-7-14(8-10-15)19(16-11-12-17(22)21-16)25-13-5-4-6-18(23)24/h7-10,16,19H,4-6,11-13H2,1-3H3,(H,21,22)(H,23,24)/t16?,19-/m0/s1. The average Bonchev–Trinajstić information content (AvgIpc) is 2.96. The van der Waals surface area contributed by atoms with Crippen LogP contribution in [0.4, 0.5) is 0 Å². The highest BCUT2D eigenvalue weighted by molar-refractivity contribution is 5.78. The first-order valence-electron chi connectivity index (χ1n) is 9.00. The van der Waals surface area contributed by atoms with Crippen molar-refractivity contribution in [2.75, 3.05) is 6.61 Å². The highest BCUT2D eigenvalue weighted by atomic mass is 16.5. The normalized spacial score (nSPS) is 18.8. The minimum atomic E-state index is -0.780. The van der Waals surface area contributed by atoms with Crippen molar-refractivity contribution in [2.24, 2.45) is 0 Å². The number of aliphatic carboxylic acids is 1. The number of benzene rings is 1. The number of amides is 1. The number of carboxylic acids is 1. The number of nitrogens with one attached hydrogen (secondary N) is 1. The molecule has 1 amide bonds. The van der Waals surface area contributed by atoms with Crippen LogP contribution in [0.3, 0.4) is 0 Å². The van der Waals surface area contributed by atoms with Gasteiger partial charge in [0.05, 0.1) is 6.04 Å². The predicted octanol–water partition coefficient (Wildman–Crippen LogP) is 3.58. The van der Waals surface area contributed by atoms with Crippen LogP contribution >= 0.6 is 0 Å². The summed E-state index contributed by atoms with van der Waals surface area (Å²) in [5.41, 5.74) is 2.40. The van der Waals surface area contributed by atoms with Gasteiger partial charge < -0.3 is 15.2 Å². The fraction of sp³-hybridized carbons (Fsp3) is 0.600. The number of hydrogen-bond acceptors (Lipinski definition) is 3. The molecule has 138 valence electrons. The molecule has 5 nitrogen and oxygen atoms in total. The van der Waals surface area contributed by atoms with Gasteiger partial charge in [-0.3, -0.25) is 9.59 Å². The number of carbonyl (C=O) groups excluding carboxylic acids is 1. The van der Waals surface area contributed by atoms with Crippen molar-refractivity contribution < 1.29 is 19.4 Å². The third-order valence-electron chi connectivity index (χ3n) is 4.58. The van der Waals surface area contributed by atoms with E-state index in [0.717, 1.165) is 12.0 Å². The van der Waals surface area contributed by atoms with Crippen molar-refractivity contribution in [3.63, 3.8) is 0 Å². The number of carboxylic acid groups (broad SMARTS) is 1. The van der Waals surface area contributed by atoms with E-state index in [-0.39, 0.29) is 29.9 Å². The van der Waals surface area contributed by atoms with Crippen LogP contribution in [0.5, 0.6) is 0 Å². The molecule has 0 saturated carbocycles. The molecule has 1 heterocycles. The minimum absolute atomic E-state index is 0.0209. The Morgan fingerprint density at radius 2 is 1.96 bits per heavy atom. The molecule has 1 saturated heterocycles. The molecule has 5 heteroatoms. The molecule has 25 heavy (non-hydrogen) atoms. The van der Waals surface area contributed by atoms with E-state index < -0.39 is 5.97 Å². The van der Waals surface area contributed by atoms with Crippen LogP contribution < -0.4 is 5.32 Å². The molecule has 2 N–H and O–H groups in total. The van der Waals surface area contributed by atoms with Gasteiger partial charge in [0.2, 0.25) is 5.91 Å². The van der Waals surface area contributed by atoms with Crippen molar-refractivity contribution in [3.05, 3.63) is 35.4 Å². The van der Waals surface area contributed by atoms with Crippen LogP contribution in [0, 0.1) is 0 Å². The maximum absolute atomic E-state index is 11.6. The van der Waals surface area contributed by atoms with Crippen molar-refractivity contribution in [2.45, 2.75) is 70.4 Å². The first kappa shape index (κ1) is 19.4. The minimum Gasteiger partial charge on any atom is -0.481 e. The van der Waals surface area contributed by atoms with Crippen molar-refractivity contribution >= 4 is 11.9 Å². The summed E-state index contributed by atoms with van der Waals surface area (Å²) in [4.78, 5) is 22.2. The third-order valence-corrected chi connectivity index (χ3v) is 4.58. The van der Waals surface area contributed by atoms with Gasteiger partial charge in [-0.15, -0.1) is 0 Å². The van der Waals surface area contributed by atoms with Crippen molar-refractivity contribution in [1.29, 1.82) is 0 Å². The zero-order chi connectivity index (χ0) is 18.4. The summed E-state index contributed by atoms with van der Waals surface area (Å²) in [6.07, 6.45) is 2.56. The molecule has 2 rings (SSSR count). The van der Waals surface area contributed by atoms with Gasteiger partial charge in [-0.25, -0.2) is 0 Å². The van der Waals surface area contributed by atoms with E-state index >= 15 is 0 Å². The molecule has 0 bridgehead atoms. The maximum Gasteiger partial charge on any atom is 0.303 e. The van der Waals surface area contributed by atoms with Gasteiger partial charge in [-0.2, -0.15) is 0 Å². The van der Waals surface area contributed by atoms with Gasteiger partial charge in [-0.1, -0.05) is 45.0 Å². The molecule has 0 aromatic heterocycles. The van der Waals surface area contributed by atoms with E-state index in [0.29, 0.717) is 25.9 Å². The lowest BCUT2D eigenvalue weighted by molar-refractivity contribution is -0.137. The van der Waals surface area contributed by atoms with Gasteiger partial charge >= 0.3 is 5.97 Å². The van der Waals surface area contributed by atoms with Gasteiger partial charge in [-0.05, 0) is 35.8 Å². The Balaban J connectivity index is 2.03. The summed E-state index contributed by atoms with van der Waals surface area (Å²) < 4.78 is 6.06. The molecule has 0 spiro atoms. The van der Waals surface area contributed by atoms with Crippen LogP contribution in [0.25, 0.3) is 0 Å². The lowest BCUT2D eigenvalue weighted by Gasteiger charge is -2.26. The number of ether oxygens (including phenoxy) is 1. The van der Waals surface area contributed by atoms with Gasteiger partial charge in [0.1, 0.15) is 6.10 Å². The molecule has 1 fully saturated rings.